The molecule has 0 aliphatic carbocycles. The van der Waals surface area contributed by atoms with E-state index in [0.717, 1.165) is 4.90 Å². The van der Waals surface area contributed by atoms with Crippen LogP contribution in [0.1, 0.15) is 10.6 Å². The van der Waals surface area contributed by atoms with E-state index in [1.165, 1.54) is 29.4 Å². The Bertz CT molecular complexity index is 817. The summed E-state index contributed by atoms with van der Waals surface area (Å²) >= 11 is 2.75. The van der Waals surface area contributed by atoms with E-state index in [-0.39, 0.29) is 23.3 Å². The smallest absolute Gasteiger partial charge is 0.291 e. The van der Waals surface area contributed by atoms with Gasteiger partial charge in [0.25, 0.3) is 5.91 Å². The highest BCUT2D eigenvalue weighted by Crippen LogP contribution is 2.22. The number of hydrogen-bond donors (Lipinski definition) is 2. The molecule has 0 unspecified atom stereocenters. The molecule has 0 spiro atoms. The number of aromatic nitrogens is 1. The molecular formula is C16H13N3O3S2. The second-order valence-electron chi connectivity index (χ2n) is 4.63. The Hall–Kier alpha value is -2.58. The molecule has 2 aromatic heterocycles. The zero-order valence-corrected chi connectivity index (χ0v) is 14.0. The van der Waals surface area contributed by atoms with Crippen LogP contribution in [0.5, 0.6) is 0 Å². The fraction of sp³-hybridized carbons (Fsp3) is 0.0625. The highest BCUT2D eigenvalue weighted by molar-refractivity contribution is 8.00. The summed E-state index contributed by atoms with van der Waals surface area (Å²) in [5, 5.41) is 7.86. The number of nitrogens with one attached hydrogen (secondary N) is 2. The molecule has 0 aliphatic heterocycles. The van der Waals surface area contributed by atoms with E-state index in [9.17, 15) is 9.59 Å². The van der Waals surface area contributed by atoms with Crippen molar-refractivity contribution in [1.29, 1.82) is 0 Å². The number of hydrogen-bond acceptors (Lipinski definition) is 6. The average Bonchev–Trinajstić information content (AvgIpc) is 3.27. The molecule has 24 heavy (non-hydrogen) atoms. The highest BCUT2D eigenvalue weighted by Gasteiger charge is 2.10. The second kappa shape index (κ2) is 7.80. The maximum Gasteiger partial charge on any atom is 0.291 e. The largest absolute Gasteiger partial charge is 0.459 e. The minimum atomic E-state index is -0.316. The maximum atomic E-state index is 11.9. The number of carbonyl (C=O) groups is 2. The fourth-order valence-corrected chi connectivity index (χ4v) is 3.15. The van der Waals surface area contributed by atoms with E-state index in [4.69, 9.17) is 4.42 Å². The van der Waals surface area contributed by atoms with Gasteiger partial charge in [-0.1, -0.05) is 6.07 Å². The van der Waals surface area contributed by atoms with Gasteiger partial charge < -0.3 is 15.1 Å². The Morgan fingerprint density at radius 2 is 2.12 bits per heavy atom. The molecule has 2 amide bonds. The van der Waals surface area contributed by atoms with E-state index in [1.54, 1.807) is 29.8 Å². The minimum absolute atomic E-state index is 0.125. The molecule has 1 aromatic carbocycles. The fourth-order valence-electron chi connectivity index (χ4n) is 1.85. The van der Waals surface area contributed by atoms with Crippen molar-refractivity contribution >= 4 is 45.7 Å². The monoisotopic (exact) mass is 359 g/mol. The van der Waals surface area contributed by atoms with Gasteiger partial charge >= 0.3 is 0 Å². The summed E-state index contributed by atoms with van der Waals surface area (Å²) in [6.45, 7) is 0. The lowest BCUT2D eigenvalue weighted by Gasteiger charge is -2.06. The molecule has 3 rings (SSSR count). The third-order valence-electron chi connectivity index (χ3n) is 2.89. The molecule has 0 bridgehead atoms. The van der Waals surface area contributed by atoms with Gasteiger partial charge in [-0.2, -0.15) is 0 Å². The Morgan fingerprint density at radius 3 is 2.88 bits per heavy atom. The van der Waals surface area contributed by atoms with Crippen LogP contribution in [0.15, 0.2) is 63.6 Å². The molecule has 0 aliphatic rings. The van der Waals surface area contributed by atoms with Gasteiger partial charge in [0.1, 0.15) is 0 Å². The number of thiazole rings is 1. The first-order valence-corrected chi connectivity index (χ1v) is 8.84. The van der Waals surface area contributed by atoms with Crippen molar-refractivity contribution in [3.63, 3.8) is 0 Å². The van der Waals surface area contributed by atoms with Crippen molar-refractivity contribution in [3.05, 3.63) is 60.0 Å². The highest BCUT2D eigenvalue weighted by atomic mass is 32.2. The van der Waals surface area contributed by atoms with Gasteiger partial charge in [0.15, 0.2) is 10.9 Å². The van der Waals surface area contributed by atoms with Crippen LogP contribution in [0.25, 0.3) is 0 Å². The van der Waals surface area contributed by atoms with Crippen molar-refractivity contribution in [1.82, 2.24) is 4.98 Å². The molecule has 0 fully saturated rings. The molecule has 0 saturated heterocycles. The van der Waals surface area contributed by atoms with Crippen LogP contribution < -0.4 is 10.6 Å². The summed E-state index contributed by atoms with van der Waals surface area (Å²) in [6.07, 6.45) is 3.08. The molecular weight excluding hydrogens is 346 g/mol. The molecule has 8 heteroatoms. The van der Waals surface area contributed by atoms with Gasteiger partial charge in [-0.15, -0.1) is 23.1 Å². The number of nitrogens with zero attached hydrogens (tertiary/aromatic N) is 1. The van der Waals surface area contributed by atoms with Crippen LogP contribution in [-0.4, -0.2) is 22.6 Å². The summed E-state index contributed by atoms with van der Waals surface area (Å²) in [4.78, 5) is 28.7. The van der Waals surface area contributed by atoms with Crippen molar-refractivity contribution in [2.75, 3.05) is 16.4 Å². The van der Waals surface area contributed by atoms with Gasteiger partial charge in [0.05, 0.1) is 12.0 Å². The Kier molecular flexibility index (Phi) is 5.29. The summed E-state index contributed by atoms with van der Waals surface area (Å²) in [7, 11) is 0. The number of rotatable bonds is 6. The molecule has 122 valence electrons. The third-order valence-corrected chi connectivity index (χ3v) is 4.57. The first-order valence-electron chi connectivity index (χ1n) is 6.98. The van der Waals surface area contributed by atoms with Crippen LogP contribution in [0.3, 0.4) is 0 Å². The van der Waals surface area contributed by atoms with E-state index in [0.29, 0.717) is 10.8 Å². The normalized spacial score (nSPS) is 10.3. The molecule has 2 N–H and O–H groups in total. The topological polar surface area (TPSA) is 84.2 Å². The Balaban J connectivity index is 1.55. The molecule has 2 heterocycles. The number of benzene rings is 1. The van der Waals surface area contributed by atoms with Crippen LogP contribution in [0, 0.1) is 0 Å². The zero-order chi connectivity index (χ0) is 16.8. The van der Waals surface area contributed by atoms with Crippen LogP contribution >= 0.6 is 23.1 Å². The first-order chi connectivity index (χ1) is 11.7. The van der Waals surface area contributed by atoms with E-state index >= 15 is 0 Å². The Labute approximate surface area is 146 Å². The Morgan fingerprint density at radius 1 is 1.21 bits per heavy atom. The predicted octanol–water partition coefficient (Wildman–Crippen LogP) is 3.72. The number of carbonyl (C=O) groups excluding carboxylic acids is 2. The molecule has 0 atom stereocenters. The van der Waals surface area contributed by atoms with Crippen LogP contribution in [0.4, 0.5) is 10.8 Å². The lowest BCUT2D eigenvalue weighted by molar-refractivity contribution is -0.113. The van der Waals surface area contributed by atoms with Gasteiger partial charge in [-0.05, 0) is 30.3 Å². The minimum Gasteiger partial charge on any atom is -0.459 e. The summed E-state index contributed by atoms with van der Waals surface area (Å²) in [5.41, 5.74) is 0.640. The lowest BCUT2D eigenvalue weighted by atomic mass is 10.3. The molecule has 0 radical (unpaired) electrons. The van der Waals surface area contributed by atoms with Gasteiger partial charge in [0, 0.05) is 22.2 Å². The van der Waals surface area contributed by atoms with Gasteiger partial charge in [-0.3, -0.25) is 9.59 Å². The van der Waals surface area contributed by atoms with Crippen LogP contribution in [0.2, 0.25) is 0 Å². The van der Waals surface area contributed by atoms with Gasteiger partial charge in [0.2, 0.25) is 5.91 Å². The van der Waals surface area contributed by atoms with Crippen molar-refractivity contribution < 1.29 is 14.0 Å². The predicted molar refractivity (Wildman–Crippen MR) is 94.6 cm³/mol. The number of thioether (sulfide) groups is 1. The quantitative estimate of drug-likeness (QED) is 0.655. The second-order valence-corrected chi connectivity index (χ2v) is 6.58. The van der Waals surface area contributed by atoms with E-state index in [1.807, 2.05) is 18.2 Å². The standard InChI is InChI=1S/C16H13N3O3S2/c20-14(19-16-17-6-8-23-16)10-24-12-4-1-3-11(9-12)18-15(21)13-5-2-7-22-13/h1-9H,10H2,(H,18,21)(H,17,19,20). The molecule has 6 nitrogen and oxygen atoms in total. The van der Waals surface area contributed by atoms with Crippen molar-refractivity contribution in [2.24, 2.45) is 0 Å². The first kappa shape index (κ1) is 16.3. The SMILES string of the molecule is O=C(CSc1cccc(NC(=O)c2ccco2)c1)Nc1nccs1. The summed E-state index contributed by atoms with van der Waals surface area (Å²) in [6, 6.07) is 10.5. The number of furan rings is 1. The average molecular weight is 359 g/mol. The molecule has 3 aromatic rings. The number of anilines is 2. The zero-order valence-electron chi connectivity index (χ0n) is 12.4. The van der Waals surface area contributed by atoms with E-state index in [2.05, 4.69) is 15.6 Å². The van der Waals surface area contributed by atoms with Crippen molar-refractivity contribution in [2.45, 2.75) is 4.90 Å². The number of amides is 2. The van der Waals surface area contributed by atoms with Gasteiger partial charge in [-0.25, -0.2) is 4.98 Å². The molecule has 0 saturated carbocycles. The lowest BCUT2D eigenvalue weighted by Crippen LogP contribution is -2.13. The third kappa shape index (κ3) is 4.46. The maximum absolute atomic E-state index is 11.9. The summed E-state index contributed by atoms with van der Waals surface area (Å²) < 4.78 is 5.05. The summed E-state index contributed by atoms with van der Waals surface area (Å²) in [5.74, 6) is 0.0642. The van der Waals surface area contributed by atoms with Crippen molar-refractivity contribution in [3.8, 4) is 0 Å². The van der Waals surface area contributed by atoms with Crippen LogP contribution in [-0.2, 0) is 4.79 Å². The van der Waals surface area contributed by atoms with E-state index < -0.39 is 0 Å².